The van der Waals surface area contributed by atoms with E-state index in [9.17, 15) is 9.59 Å². The third-order valence-corrected chi connectivity index (χ3v) is 7.17. The zero-order valence-corrected chi connectivity index (χ0v) is 17.8. The van der Waals surface area contributed by atoms with Crippen LogP contribution in [0.2, 0.25) is 5.02 Å². The van der Waals surface area contributed by atoms with E-state index < -0.39 is 0 Å². The Hall–Kier alpha value is -1.55. The summed E-state index contributed by atoms with van der Waals surface area (Å²) in [6, 6.07) is 6.43. The first-order chi connectivity index (χ1) is 13.2. The lowest BCUT2D eigenvalue weighted by Crippen LogP contribution is -2.49. The van der Waals surface area contributed by atoms with Crippen LogP contribution in [-0.4, -0.2) is 36.5 Å². The van der Waals surface area contributed by atoms with Crippen molar-refractivity contribution < 1.29 is 14.3 Å². The number of nitrogens with zero attached hydrogens (tertiary/aromatic N) is 1. The summed E-state index contributed by atoms with van der Waals surface area (Å²) in [4.78, 5) is 26.3. The molecule has 0 aromatic heterocycles. The Kier molecular flexibility index (Phi) is 4.97. The van der Waals surface area contributed by atoms with Crippen molar-refractivity contribution in [3.8, 4) is 0 Å². The minimum absolute atomic E-state index is 0.0231. The van der Waals surface area contributed by atoms with Gasteiger partial charge in [0, 0.05) is 29.4 Å². The minimum Gasteiger partial charge on any atom is -0.465 e. The van der Waals surface area contributed by atoms with E-state index in [-0.39, 0.29) is 28.6 Å². The molecule has 2 saturated heterocycles. The Morgan fingerprint density at radius 2 is 1.89 bits per heavy atom. The zero-order valence-electron chi connectivity index (χ0n) is 17.1. The van der Waals surface area contributed by atoms with Crippen LogP contribution in [-0.2, 0) is 19.7 Å². The topological polar surface area (TPSA) is 46.6 Å². The highest BCUT2D eigenvalue weighted by Crippen LogP contribution is 2.52. The molecular weight excluding hydrogens is 374 g/mol. The van der Waals surface area contributed by atoms with Gasteiger partial charge in [-0.1, -0.05) is 44.5 Å². The van der Waals surface area contributed by atoms with Crippen LogP contribution in [0.25, 0.3) is 0 Å². The number of rotatable bonds is 2. The Bertz CT molecular complexity index is 784. The van der Waals surface area contributed by atoms with Gasteiger partial charge >= 0.3 is 5.97 Å². The highest BCUT2D eigenvalue weighted by Gasteiger charge is 2.53. The van der Waals surface area contributed by atoms with Gasteiger partial charge in [0.1, 0.15) is 0 Å². The Balaban J connectivity index is 1.34. The first kappa shape index (κ1) is 19.8. The maximum absolute atomic E-state index is 12.9. The Morgan fingerprint density at radius 1 is 1.21 bits per heavy atom. The summed E-state index contributed by atoms with van der Waals surface area (Å²) in [6.07, 6.45) is 4.10. The summed E-state index contributed by atoms with van der Waals surface area (Å²) in [5.74, 6) is 0.726. The zero-order chi connectivity index (χ0) is 20.1. The maximum Gasteiger partial charge on any atom is 0.306 e. The van der Waals surface area contributed by atoms with E-state index in [0.717, 1.165) is 43.8 Å². The van der Waals surface area contributed by atoms with E-state index in [1.807, 2.05) is 11.0 Å². The smallest absolute Gasteiger partial charge is 0.306 e. The summed E-state index contributed by atoms with van der Waals surface area (Å²) < 4.78 is 5.12. The third-order valence-electron chi connectivity index (χ3n) is 6.84. The van der Waals surface area contributed by atoms with Crippen LogP contribution in [0.1, 0.15) is 69.9 Å². The molecule has 0 atom stereocenters. The highest BCUT2D eigenvalue weighted by molar-refractivity contribution is 6.31. The van der Waals surface area contributed by atoms with Gasteiger partial charge in [-0.15, -0.1) is 0 Å². The number of esters is 1. The quantitative estimate of drug-likeness (QED) is 0.673. The number of ether oxygens (including phenoxy) is 1. The molecule has 0 N–H and O–H groups in total. The minimum atomic E-state index is -0.107. The Morgan fingerprint density at radius 3 is 2.46 bits per heavy atom. The molecule has 2 aliphatic heterocycles. The summed E-state index contributed by atoms with van der Waals surface area (Å²) in [5.41, 5.74) is 2.52. The summed E-state index contributed by atoms with van der Waals surface area (Å²) in [5, 5.41) is 0.831. The SMILES string of the molecule is CC(C)(C)c1cc(C2CCN(C(=O)C3CC4(COC(=O)C4)C3)CC2)ccc1Cl. The van der Waals surface area contributed by atoms with Gasteiger partial charge in [0.2, 0.25) is 5.91 Å². The van der Waals surface area contributed by atoms with E-state index in [0.29, 0.717) is 18.9 Å². The van der Waals surface area contributed by atoms with Crippen LogP contribution in [0.4, 0.5) is 0 Å². The molecule has 1 saturated carbocycles. The number of piperidine rings is 1. The molecule has 3 fully saturated rings. The predicted molar refractivity (Wildman–Crippen MR) is 109 cm³/mol. The molecule has 152 valence electrons. The van der Waals surface area contributed by atoms with E-state index in [2.05, 4.69) is 32.9 Å². The molecule has 1 amide bonds. The van der Waals surface area contributed by atoms with Crippen molar-refractivity contribution in [3.05, 3.63) is 34.3 Å². The van der Waals surface area contributed by atoms with Gasteiger partial charge < -0.3 is 9.64 Å². The fourth-order valence-corrected chi connectivity index (χ4v) is 5.53. The maximum atomic E-state index is 12.9. The van der Waals surface area contributed by atoms with Gasteiger partial charge in [-0.25, -0.2) is 0 Å². The van der Waals surface area contributed by atoms with Gasteiger partial charge in [-0.05, 0) is 54.2 Å². The average Bonchev–Trinajstić information content (AvgIpc) is 3.02. The van der Waals surface area contributed by atoms with Crippen molar-refractivity contribution in [2.24, 2.45) is 11.3 Å². The third kappa shape index (κ3) is 3.68. The normalized spacial score (nSPS) is 28.4. The van der Waals surface area contributed by atoms with Crippen LogP contribution >= 0.6 is 11.6 Å². The van der Waals surface area contributed by atoms with E-state index in [1.54, 1.807) is 0 Å². The molecule has 4 rings (SSSR count). The summed E-state index contributed by atoms with van der Waals surface area (Å²) in [7, 11) is 0. The molecular formula is C23H30ClNO3. The number of hydrogen-bond donors (Lipinski definition) is 0. The molecule has 0 radical (unpaired) electrons. The predicted octanol–water partition coefficient (Wildman–Crippen LogP) is 4.69. The average molecular weight is 404 g/mol. The second kappa shape index (κ2) is 7.05. The highest BCUT2D eigenvalue weighted by atomic mass is 35.5. The van der Waals surface area contributed by atoms with Gasteiger partial charge in [0.25, 0.3) is 0 Å². The van der Waals surface area contributed by atoms with Crippen LogP contribution < -0.4 is 0 Å². The van der Waals surface area contributed by atoms with Crippen LogP contribution in [0.5, 0.6) is 0 Å². The van der Waals surface area contributed by atoms with Crippen molar-refractivity contribution in [3.63, 3.8) is 0 Å². The first-order valence-electron chi connectivity index (χ1n) is 10.4. The summed E-state index contributed by atoms with van der Waals surface area (Å²) in [6.45, 7) is 8.70. The molecule has 1 aromatic carbocycles. The molecule has 4 nitrogen and oxygen atoms in total. The van der Waals surface area contributed by atoms with Crippen molar-refractivity contribution in [1.29, 1.82) is 0 Å². The molecule has 3 aliphatic rings. The lowest BCUT2D eigenvalue weighted by molar-refractivity contribution is -0.144. The molecule has 1 spiro atoms. The van der Waals surface area contributed by atoms with Crippen molar-refractivity contribution in [2.75, 3.05) is 19.7 Å². The number of carbonyl (C=O) groups excluding carboxylic acids is 2. The van der Waals surface area contributed by atoms with Crippen LogP contribution in [0, 0.1) is 11.3 Å². The standard InChI is InChI=1S/C23H30ClNO3/c1-22(2,3)18-10-16(4-5-19(18)24)15-6-8-25(9-7-15)21(27)17-11-23(12-17)13-20(26)28-14-23/h4-5,10,15,17H,6-9,11-14H2,1-3H3. The van der Waals surface area contributed by atoms with Gasteiger partial charge in [0.15, 0.2) is 0 Å². The van der Waals surface area contributed by atoms with Crippen molar-refractivity contribution in [2.45, 2.75) is 64.2 Å². The molecule has 0 unspecified atom stereocenters. The number of hydrogen-bond acceptors (Lipinski definition) is 3. The largest absolute Gasteiger partial charge is 0.465 e. The summed E-state index contributed by atoms with van der Waals surface area (Å²) >= 11 is 6.42. The lowest BCUT2D eigenvalue weighted by Gasteiger charge is -2.45. The van der Waals surface area contributed by atoms with Gasteiger partial charge in [-0.2, -0.15) is 0 Å². The molecule has 2 heterocycles. The van der Waals surface area contributed by atoms with E-state index in [1.165, 1.54) is 11.1 Å². The second-order valence-electron chi connectivity index (χ2n) is 10.0. The van der Waals surface area contributed by atoms with Crippen molar-refractivity contribution >= 4 is 23.5 Å². The first-order valence-corrected chi connectivity index (χ1v) is 10.8. The molecule has 28 heavy (non-hydrogen) atoms. The van der Waals surface area contributed by atoms with Crippen LogP contribution in [0.15, 0.2) is 18.2 Å². The number of carbonyl (C=O) groups is 2. The van der Waals surface area contributed by atoms with Gasteiger partial charge in [0.05, 0.1) is 13.0 Å². The molecule has 0 bridgehead atoms. The lowest BCUT2D eigenvalue weighted by atomic mass is 9.61. The van der Waals surface area contributed by atoms with Gasteiger partial charge in [-0.3, -0.25) is 9.59 Å². The number of halogens is 1. The number of amides is 1. The molecule has 1 aliphatic carbocycles. The Labute approximate surface area is 172 Å². The fourth-order valence-electron chi connectivity index (χ4n) is 5.13. The number of benzene rings is 1. The van der Waals surface area contributed by atoms with E-state index in [4.69, 9.17) is 16.3 Å². The number of cyclic esters (lactones) is 1. The van der Waals surface area contributed by atoms with E-state index >= 15 is 0 Å². The monoisotopic (exact) mass is 403 g/mol. The van der Waals surface area contributed by atoms with Crippen molar-refractivity contribution in [1.82, 2.24) is 4.90 Å². The fraction of sp³-hybridized carbons (Fsp3) is 0.652. The molecule has 5 heteroatoms. The number of likely N-dealkylation sites (tertiary alicyclic amines) is 1. The molecule has 1 aromatic rings. The van der Waals surface area contributed by atoms with Crippen LogP contribution in [0.3, 0.4) is 0 Å². The second-order valence-corrected chi connectivity index (χ2v) is 10.4.